The summed E-state index contributed by atoms with van der Waals surface area (Å²) in [6, 6.07) is 9.24. The summed E-state index contributed by atoms with van der Waals surface area (Å²) in [6.45, 7) is 1.61. The van der Waals surface area contributed by atoms with Gasteiger partial charge >= 0.3 is 0 Å². The molecular formula is C19H19ClN2O5S. The molecule has 0 radical (unpaired) electrons. The maximum absolute atomic E-state index is 12.8. The predicted molar refractivity (Wildman–Crippen MR) is 106 cm³/mol. The number of sulfonamides is 1. The largest absolute Gasteiger partial charge is 0.490 e. The Labute approximate surface area is 168 Å². The molecule has 2 heterocycles. The lowest BCUT2D eigenvalue weighted by Gasteiger charge is -2.18. The van der Waals surface area contributed by atoms with Gasteiger partial charge in [-0.1, -0.05) is 11.6 Å². The van der Waals surface area contributed by atoms with E-state index in [0.29, 0.717) is 54.1 Å². The van der Waals surface area contributed by atoms with Gasteiger partial charge in [0.1, 0.15) is 0 Å². The Morgan fingerprint density at radius 3 is 2.50 bits per heavy atom. The molecule has 2 aliphatic rings. The van der Waals surface area contributed by atoms with E-state index in [4.69, 9.17) is 21.1 Å². The third-order valence-electron chi connectivity index (χ3n) is 4.59. The first-order chi connectivity index (χ1) is 13.4. The van der Waals surface area contributed by atoms with Gasteiger partial charge in [-0.3, -0.25) is 9.52 Å². The molecule has 1 fully saturated rings. The fourth-order valence-electron chi connectivity index (χ4n) is 3.22. The molecule has 0 unspecified atom stereocenters. The van der Waals surface area contributed by atoms with Gasteiger partial charge in [-0.15, -0.1) is 0 Å². The summed E-state index contributed by atoms with van der Waals surface area (Å²) in [5.41, 5.74) is 0.898. The van der Waals surface area contributed by atoms with Crippen LogP contribution in [0, 0.1) is 0 Å². The number of carbonyl (C=O) groups excluding carboxylic acids is 1. The molecule has 0 aromatic heterocycles. The highest BCUT2D eigenvalue weighted by Crippen LogP contribution is 2.34. The number of benzene rings is 2. The van der Waals surface area contributed by atoms with Crippen molar-refractivity contribution in [2.45, 2.75) is 24.2 Å². The number of carbonyl (C=O) groups is 1. The number of nitrogens with one attached hydrogen (secondary N) is 1. The standard InChI is InChI=1S/C19H19ClN2O5S/c20-15-11-13(4-6-16(15)22-8-1-3-19(22)23)21-28(24,25)14-5-7-17-18(12-14)27-10-2-9-26-17/h4-7,11-12,21H,1-3,8-10H2. The first-order valence-corrected chi connectivity index (χ1v) is 10.8. The van der Waals surface area contributed by atoms with Crippen molar-refractivity contribution in [1.29, 1.82) is 0 Å². The van der Waals surface area contributed by atoms with E-state index in [0.717, 1.165) is 12.8 Å². The number of hydrogen-bond donors (Lipinski definition) is 1. The van der Waals surface area contributed by atoms with E-state index in [1.54, 1.807) is 23.1 Å². The average molecular weight is 423 g/mol. The van der Waals surface area contributed by atoms with Crippen molar-refractivity contribution in [3.63, 3.8) is 0 Å². The van der Waals surface area contributed by atoms with E-state index in [-0.39, 0.29) is 10.8 Å². The zero-order valence-corrected chi connectivity index (χ0v) is 16.6. The molecule has 2 aromatic rings. The first-order valence-electron chi connectivity index (χ1n) is 8.96. The van der Waals surface area contributed by atoms with Crippen molar-refractivity contribution in [2.75, 3.05) is 29.4 Å². The van der Waals surface area contributed by atoms with Crippen LogP contribution in [-0.2, 0) is 14.8 Å². The lowest BCUT2D eigenvalue weighted by Crippen LogP contribution is -2.24. The Bertz CT molecular complexity index is 1020. The lowest BCUT2D eigenvalue weighted by molar-refractivity contribution is -0.117. The quantitative estimate of drug-likeness (QED) is 0.815. The molecule has 0 atom stereocenters. The molecular weight excluding hydrogens is 404 g/mol. The number of fused-ring (bicyclic) bond motifs is 1. The van der Waals surface area contributed by atoms with Crippen LogP contribution in [0.25, 0.3) is 0 Å². The third kappa shape index (κ3) is 3.74. The van der Waals surface area contributed by atoms with Gasteiger partial charge in [0.2, 0.25) is 5.91 Å². The topological polar surface area (TPSA) is 84.9 Å². The molecule has 7 nitrogen and oxygen atoms in total. The summed E-state index contributed by atoms with van der Waals surface area (Å²) in [7, 11) is -3.84. The molecule has 28 heavy (non-hydrogen) atoms. The second-order valence-electron chi connectivity index (χ2n) is 6.58. The fraction of sp³-hybridized carbons (Fsp3) is 0.316. The van der Waals surface area contributed by atoms with Crippen molar-refractivity contribution >= 4 is 38.9 Å². The number of hydrogen-bond acceptors (Lipinski definition) is 5. The van der Waals surface area contributed by atoms with Gasteiger partial charge in [-0.25, -0.2) is 8.42 Å². The third-order valence-corrected chi connectivity index (χ3v) is 6.28. The monoisotopic (exact) mass is 422 g/mol. The van der Waals surface area contributed by atoms with Gasteiger partial charge in [0.05, 0.1) is 34.5 Å². The molecule has 2 aliphatic heterocycles. The summed E-state index contributed by atoms with van der Waals surface area (Å²) in [6.07, 6.45) is 2.02. The number of nitrogens with zero attached hydrogens (tertiary/aromatic N) is 1. The molecule has 0 spiro atoms. The Morgan fingerprint density at radius 1 is 1.00 bits per heavy atom. The molecule has 9 heteroatoms. The Kier molecular flexibility index (Phi) is 5.07. The number of rotatable bonds is 4. The number of ether oxygens (including phenoxy) is 2. The number of amides is 1. The Balaban J connectivity index is 1.57. The van der Waals surface area contributed by atoms with Crippen LogP contribution >= 0.6 is 11.6 Å². The second-order valence-corrected chi connectivity index (χ2v) is 8.67. The second kappa shape index (κ2) is 7.52. The Morgan fingerprint density at radius 2 is 1.79 bits per heavy atom. The zero-order chi connectivity index (χ0) is 19.7. The van der Waals surface area contributed by atoms with E-state index < -0.39 is 10.0 Å². The maximum atomic E-state index is 12.8. The van der Waals surface area contributed by atoms with Gasteiger partial charge in [-0.05, 0) is 36.8 Å². The molecule has 0 saturated carbocycles. The van der Waals surface area contributed by atoms with Crippen molar-refractivity contribution in [1.82, 2.24) is 0 Å². The van der Waals surface area contributed by atoms with Crippen LogP contribution in [0.5, 0.6) is 11.5 Å². The SMILES string of the molecule is O=C1CCCN1c1ccc(NS(=O)(=O)c2ccc3c(c2)OCCCO3)cc1Cl. The van der Waals surface area contributed by atoms with Crippen LogP contribution in [0.4, 0.5) is 11.4 Å². The molecule has 1 N–H and O–H groups in total. The summed E-state index contributed by atoms with van der Waals surface area (Å²) in [5, 5.41) is 0.314. The van der Waals surface area contributed by atoms with E-state index in [9.17, 15) is 13.2 Å². The normalized spacial score (nSPS) is 16.8. The first kappa shape index (κ1) is 18.9. The Hall–Kier alpha value is -2.45. The van der Waals surface area contributed by atoms with Crippen LogP contribution in [0.1, 0.15) is 19.3 Å². The van der Waals surface area contributed by atoms with Crippen molar-refractivity contribution in [2.24, 2.45) is 0 Å². The minimum atomic E-state index is -3.84. The summed E-state index contributed by atoms with van der Waals surface area (Å²) in [5.74, 6) is 0.947. The fourth-order valence-corrected chi connectivity index (χ4v) is 4.56. The van der Waals surface area contributed by atoms with Crippen LogP contribution in [0.3, 0.4) is 0 Å². The number of anilines is 2. The zero-order valence-electron chi connectivity index (χ0n) is 15.0. The van der Waals surface area contributed by atoms with Crippen molar-refractivity contribution < 1.29 is 22.7 Å². The molecule has 0 aliphatic carbocycles. The van der Waals surface area contributed by atoms with Gasteiger partial charge in [0.25, 0.3) is 10.0 Å². The van der Waals surface area contributed by atoms with E-state index in [1.165, 1.54) is 18.2 Å². The highest BCUT2D eigenvalue weighted by atomic mass is 35.5. The van der Waals surface area contributed by atoms with Crippen LogP contribution < -0.4 is 19.1 Å². The molecule has 0 bridgehead atoms. The maximum Gasteiger partial charge on any atom is 0.262 e. The predicted octanol–water partition coefficient (Wildman–Crippen LogP) is 3.43. The molecule has 1 amide bonds. The summed E-state index contributed by atoms with van der Waals surface area (Å²) >= 11 is 6.30. The van der Waals surface area contributed by atoms with E-state index >= 15 is 0 Å². The molecule has 148 valence electrons. The van der Waals surface area contributed by atoms with Gasteiger partial charge in [0, 0.05) is 25.5 Å². The highest BCUT2D eigenvalue weighted by Gasteiger charge is 2.24. The molecule has 2 aromatic carbocycles. The summed E-state index contributed by atoms with van der Waals surface area (Å²) in [4.78, 5) is 13.6. The summed E-state index contributed by atoms with van der Waals surface area (Å²) < 4.78 is 39.1. The van der Waals surface area contributed by atoms with Crippen LogP contribution in [0.2, 0.25) is 5.02 Å². The van der Waals surface area contributed by atoms with Crippen LogP contribution in [-0.4, -0.2) is 34.1 Å². The highest BCUT2D eigenvalue weighted by molar-refractivity contribution is 7.92. The smallest absolute Gasteiger partial charge is 0.262 e. The van der Waals surface area contributed by atoms with E-state index in [2.05, 4.69) is 4.72 Å². The average Bonchev–Trinajstić information content (AvgIpc) is 2.94. The van der Waals surface area contributed by atoms with E-state index in [1.807, 2.05) is 0 Å². The lowest BCUT2D eigenvalue weighted by atomic mass is 10.2. The van der Waals surface area contributed by atoms with Gasteiger partial charge in [-0.2, -0.15) is 0 Å². The van der Waals surface area contributed by atoms with Gasteiger partial charge in [0.15, 0.2) is 11.5 Å². The number of halogens is 1. The molecule has 4 rings (SSSR count). The van der Waals surface area contributed by atoms with Crippen LogP contribution in [0.15, 0.2) is 41.3 Å². The minimum Gasteiger partial charge on any atom is -0.490 e. The van der Waals surface area contributed by atoms with Crippen molar-refractivity contribution in [3.8, 4) is 11.5 Å². The van der Waals surface area contributed by atoms with Gasteiger partial charge < -0.3 is 14.4 Å². The van der Waals surface area contributed by atoms with Crippen molar-refractivity contribution in [3.05, 3.63) is 41.4 Å². The minimum absolute atomic E-state index is 0.0161. The molecule has 1 saturated heterocycles.